The van der Waals surface area contributed by atoms with Crippen LogP contribution in [0.15, 0.2) is 16.9 Å². The van der Waals surface area contributed by atoms with Gasteiger partial charge >= 0.3 is 0 Å². The number of hydrogen-bond donors (Lipinski definition) is 2. The number of H-pyrrole nitrogens is 1. The van der Waals surface area contributed by atoms with E-state index in [2.05, 4.69) is 15.5 Å². The van der Waals surface area contributed by atoms with Gasteiger partial charge in [-0.05, 0) is 19.4 Å². The van der Waals surface area contributed by atoms with E-state index in [1.165, 1.54) is 6.07 Å². The largest absolute Gasteiger partial charge is 0.382 e. The van der Waals surface area contributed by atoms with Crippen molar-refractivity contribution in [2.24, 2.45) is 0 Å². The summed E-state index contributed by atoms with van der Waals surface area (Å²) in [6.07, 6.45) is 0.925. The van der Waals surface area contributed by atoms with Gasteiger partial charge in [-0.25, -0.2) is 5.10 Å². The first kappa shape index (κ1) is 10.7. The van der Waals surface area contributed by atoms with Crippen molar-refractivity contribution >= 4 is 5.82 Å². The second-order valence-electron chi connectivity index (χ2n) is 2.78. The molecule has 0 fully saturated rings. The average molecular weight is 197 g/mol. The Hall–Kier alpha value is -1.36. The van der Waals surface area contributed by atoms with Crippen molar-refractivity contribution in [3.05, 3.63) is 22.5 Å². The number of nitrogens with zero attached hydrogens (tertiary/aromatic N) is 1. The summed E-state index contributed by atoms with van der Waals surface area (Å²) in [6.45, 7) is 4.25. The van der Waals surface area contributed by atoms with Crippen molar-refractivity contribution in [2.45, 2.75) is 13.3 Å². The van der Waals surface area contributed by atoms with Gasteiger partial charge in [-0.3, -0.25) is 4.79 Å². The molecule has 5 nitrogen and oxygen atoms in total. The van der Waals surface area contributed by atoms with Crippen LogP contribution >= 0.6 is 0 Å². The maximum absolute atomic E-state index is 10.7. The molecule has 0 spiro atoms. The predicted molar refractivity (Wildman–Crippen MR) is 54.5 cm³/mol. The van der Waals surface area contributed by atoms with Crippen molar-refractivity contribution in [3.63, 3.8) is 0 Å². The van der Waals surface area contributed by atoms with Crippen molar-refractivity contribution in [1.29, 1.82) is 0 Å². The van der Waals surface area contributed by atoms with E-state index in [0.29, 0.717) is 5.82 Å². The van der Waals surface area contributed by atoms with Crippen LogP contribution in [0.25, 0.3) is 0 Å². The summed E-state index contributed by atoms with van der Waals surface area (Å²) in [5.41, 5.74) is -0.190. The van der Waals surface area contributed by atoms with Crippen LogP contribution in [0, 0.1) is 0 Å². The van der Waals surface area contributed by atoms with E-state index >= 15 is 0 Å². The van der Waals surface area contributed by atoms with E-state index in [0.717, 1.165) is 26.2 Å². The Morgan fingerprint density at radius 2 is 2.43 bits per heavy atom. The monoisotopic (exact) mass is 197 g/mol. The molecule has 0 aliphatic heterocycles. The van der Waals surface area contributed by atoms with Gasteiger partial charge in [-0.2, -0.15) is 5.10 Å². The van der Waals surface area contributed by atoms with Crippen LogP contribution in [0.2, 0.25) is 0 Å². The first-order valence-electron chi connectivity index (χ1n) is 4.70. The zero-order valence-electron chi connectivity index (χ0n) is 8.25. The third kappa shape index (κ3) is 4.04. The van der Waals surface area contributed by atoms with Gasteiger partial charge in [0, 0.05) is 25.8 Å². The van der Waals surface area contributed by atoms with Gasteiger partial charge in [-0.15, -0.1) is 0 Å². The summed E-state index contributed by atoms with van der Waals surface area (Å²) in [5, 5.41) is 9.23. The molecule has 0 saturated carbocycles. The number of hydrogen-bond acceptors (Lipinski definition) is 4. The standard InChI is InChI=1S/C9H15N3O2/c1-2-14-7-3-6-10-8-4-5-9(13)12-11-8/h4-5H,2-3,6-7H2,1H3,(H,10,11)(H,12,13). The van der Waals surface area contributed by atoms with Crippen molar-refractivity contribution < 1.29 is 4.74 Å². The lowest BCUT2D eigenvalue weighted by molar-refractivity contribution is 0.147. The molecule has 5 heteroatoms. The SMILES string of the molecule is CCOCCCNc1ccc(=O)[nH]n1. The lowest BCUT2D eigenvalue weighted by Gasteiger charge is -2.04. The van der Waals surface area contributed by atoms with Crippen LogP contribution in [0.1, 0.15) is 13.3 Å². The first-order chi connectivity index (χ1) is 6.83. The number of anilines is 1. The van der Waals surface area contributed by atoms with Gasteiger partial charge in [0.1, 0.15) is 5.82 Å². The molecular weight excluding hydrogens is 182 g/mol. The quantitative estimate of drug-likeness (QED) is 0.656. The molecule has 1 aromatic heterocycles. The lowest BCUT2D eigenvalue weighted by atomic mass is 10.4. The minimum Gasteiger partial charge on any atom is -0.382 e. The van der Waals surface area contributed by atoms with Crippen LogP contribution < -0.4 is 10.9 Å². The summed E-state index contributed by atoms with van der Waals surface area (Å²) in [5.74, 6) is 0.682. The Morgan fingerprint density at radius 1 is 1.57 bits per heavy atom. The summed E-state index contributed by atoms with van der Waals surface area (Å²) in [6, 6.07) is 3.09. The molecule has 0 amide bonds. The summed E-state index contributed by atoms with van der Waals surface area (Å²) in [4.78, 5) is 10.7. The molecule has 1 aromatic rings. The molecule has 0 bridgehead atoms. The molecule has 0 radical (unpaired) electrons. The fourth-order valence-corrected chi connectivity index (χ4v) is 0.978. The van der Waals surface area contributed by atoms with Crippen LogP contribution in [0.5, 0.6) is 0 Å². The summed E-state index contributed by atoms with van der Waals surface area (Å²) >= 11 is 0. The Labute approximate surface area is 82.5 Å². The van der Waals surface area contributed by atoms with Gasteiger partial charge in [0.05, 0.1) is 0 Å². The highest BCUT2D eigenvalue weighted by atomic mass is 16.5. The molecule has 0 aliphatic rings. The zero-order chi connectivity index (χ0) is 10.2. The number of nitrogens with one attached hydrogen (secondary N) is 2. The lowest BCUT2D eigenvalue weighted by Crippen LogP contribution is -2.11. The van der Waals surface area contributed by atoms with Crippen LogP contribution in [-0.4, -0.2) is 30.0 Å². The topological polar surface area (TPSA) is 67.0 Å². The van der Waals surface area contributed by atoms with E-state index in [1.807, 2.05) is 6.92 Å². The van der Waals surface area contributed by atoms with Crippen molar-refractivity contribution in [2.75, 3.05) is 25.1 Å². The Bertz CT molecular complexity index is 291. The number of aromatic amines is 1. The Morgan fingerprint density at radius 3 is 3.07 bits per heavy atom. The zero-order valence-corrected chi connectivity index (χ0v) is 8.25. The third-order valence-electron chi connectivity index (χ3n) is 1.65. The van der Waals surface area contributed by atoms with Gasteiger partial charge < -0.3 is 10.1 Å². The summed E-state index contributed by atoms with van der Waals surface area (Å²) < 4.78 is 5.17. The Kier molecular flexibility index (Phi) is 4.71. The Balaban J connectivity index is 2.18. The molecule has 0 atom stereocenters. The average Bonchev–Trinajstić information content (AvgIpc) is 2.21. The molecule has 0 aliphatic carbocycles. The van der Waals surface area contributed by atoms with Gasteiger partial charge in [0.25, 0.3) is 5.56 Å². The normalized spacial score (nSPS) is 10.1. The fourth-order valence-electron chi connectivity index (χ4n) is 0.978. The third-order valence-corrected chi connectivity index (χ3v) is 1.65. The minimum absolute atomic E-state index is 0.190. The molecular formula is C9H15N3O2. The highest BCUT2D eigenvalue weighted by molar-refractivity contribution is 5.30. The van der Waals surface area contributed by atoms with Crippen molar-refractivity contribution in [3.8, 4) is 0 Å². The number of rotatable bonds is 6. The van der Waals surface area contributed by atoms with Crippen LogP contribution in [-0.2, 0) is 4.74 Å². The maximum atomic E-state index is 10.7. The minimum atomic E-state index is -0.190. The number of ether oxygens (including phenoxy) is 1. The fraction of sp³-hybridized carbons (Fsp3) is 0.556. The molecule has 1 rings (SSSR count). The molecule has 0 unspecified atom stereocenters. The van der Waals surface area contributed by atoms with Gasteiger partial charge in [-0.1, -0.05) is 0 Å². The summed E-state index contributed by atoms with van der Waals surface area (Å²) in [7, 11) is 0. The second-order valence-corrected chi connectivity index (χ2v) is 2.78. The van der Waals surface area contributed by atoms with Gasteiger partial charge in [0.2, 0.25) is 0 Å². The van der Waals surface area contributed by atoms with E-state index in [1.54, 1.807) is 6.07 Å². The van der Waals surface area contributed by atoms with E-state index in [4.69, 9.17) is 4.74 Å². The van der Waals surface area contributed by atoms with E-state index < -0.39 is 0 Å². The maximum Gasteiger partial charge on any atom is 0.264 e. The molecule has 0 saturated heterocycles. The molecule has 2 N–H and O–H groups in total. The predicted octanol–water partition coefficient (Wildman–Crippen LogP) is 0.608. The molecule has 0 aromatic carbocycles. The van der Waals surface area contributed by atoms with E-state index in [9.17, 15) is 4.79 Å². The second kappa shape index (κ2) is 6.15. The van der Waals surface area contributed by atoms with Crippen molar-refractivity contribution in [1.82, 2.24) is 10.2 Å². The van der Waals surface area contributed by atoms with E-state index in [-0.39, 0.29) is 5.56 Å². The molecule has 14 heavy (non-hydrogen) atoms. The van der Waals surface area contributed by atoms with Crippen LogP contribution in [0.3, 0.4) is 0 Å². The first-order valence-corrected chi connectivity index (χ1v) is 4.70. The molecule has 1 heterocycles. The molecule has 78 valence electrons. The van der Waals surface area contributed by atoms with Gasteiger partial charge in [0.15, 0.2) is 0 Å². The van der Waals surface area contributed by atoms with Crippen LogP contribution in [0.4, 0.5) is 5.82 Å². The highest BCUT2D eigenvalue weighted by Gasteiger charge is 1.92. The number of aromatic nitrogens is 2. The smallest absolute Gasteiger partial charge is 0.264 e. The highest BCUT2D eigenvalue weighted by Crippen LogP contribution is 1.95.